The molecule has 1 amide bonds. The van der Waals surface area contributed by atoms with Crippen molar-refractivity contribution in [1.82, 2.24) is 19.3 Å². The predicted octanol–water partition coefficient (Wildman–Crippen LogP) is 3.58. The van der Waals surface area contributed by atoms with Gasteiger partial charge in [-0.05, 0) is 30.0 Å². The summed E-state index contributed by atoms with van der Waals surface area (Å²) in [5.41, 5.74) is 2.65. The average molecular weight is 385 g/mol. The van der Waals surface area contributed by atoms with Gasteiger partial charge in [-0.1, -0.05) is 24.3 Å². The third kappa shape index (κ3) is 3.01. The fraction of sp³-hybridized carbons (Fsp3) is 0.261. The molecule has 1 aliphatic rings. The van der Waals surface area contributed by atoms with E-state index in [1.165, 1.54) is 0 Å². The lowest BCUT2D eigenvalue weighted by Crippen LogP contribution is -2.29. The van der Waals surface area contributed by atoms with Crippen LogP contribution in [0.3, 0.4) is 0 Å². The number of carbonyl (C=O) groups excluding carboxylic acids is 1. The standard InChI is InChI=1S/C23H23N5O/c1-26(2)22-20-8-5-12-27(20)15-19(25-22)17-10-13-28(14-17)23(29)21-18-7-4-3-6-16(18)9-11-24-21/h3-9,11-12,15,17H,10,13-14H2,1-2H3/t17-/m1/s1. The summed E-state index contributed by atoms with van der Waals surface area (Å²) in [5.74, 6) is 1.17. The summed E-state index contributed by atoms with van der Waals surface area (Å²) in [6, 6.07) is 14.0. The summed E-state index contributed by atoms with van der Waals surface area (Å²) in [5, 5.41) is 1.95. The second kappa shape index (κ2) is 6.88. The van der Waals surface area contributed by atoms with Crippen molar-refractivity contribution in [1.29, 1.82) is 0 Å². The Morgan fingerprint density at radius 1 is 1.14 bits per heavy atom. The fourth-order valence-corrected chi connectivity index (χ4v) is 4.20. The van der Waals surface area contributed by atoms with Crippen LogP contribution < -0.4 is 4.90 Å². The molecule has 1 aliphatic heterocycles. The summed E-state index contributed by atoms with van der Waals surface area (Å²) in [6.45, 7) is 1.38. The minimum absolute atomic E-state index is 0.000764. The lowest BCUT2D eigenvalue weighted by molar-refractivity contribution is 0.0787. The first kappa shape index (κ1) is 17.7. The summed E-state index contributed by atoms with van der Waals surface area (Å²) in [7, 11) is 4.02. The Bertz CT molecular complexity index is 1210. The van der Waals surface area contributed by atoms with Crippen LogP contribution in [0.5, 0.6) is 0 Å². The van der Waals surface area contributed by atoms with Gasteiger partial charge in [-0.2, -0.15) is 0 Å². The quantitative estimate of drug-likeness (QED) is 0.541. The first-order chi connectivity index (χ1) is 14.1. The van der Waals surface area contributed by atoms with Crippen LogP contribution in [0.15, 0.2) is 61.1 Å². The van der Waals surface area contributed by atoms with E-state index in [1.54, 1.807) is 6.20 Å². The number of amides is 1. The zero-order chi connectivity index (χ0) is 20.0. The van der Waals surface area contributed by atoms with E-state index in [2.05, 4.69) is 21.6 Å². The highest BCUT2D eigenvalue weighted by Crippen LogP contribution is 2.30. The van der Waals surface area contributed by atoms with Crippen molar-refractivity contribution >= 4 is 28.0 Å². The van der Waals surface area contributed by atoms with Gasteiger partial charge in [0, 0.05) is 57.1 Å². The molecule has 4 aromatic rings. The first-order valence-electron chi connectivity index (χ1n) is 9.90. The largest absolute Gasteiger partial charge is 0.361 e. The molecule has 4 heterocycles. The first-order valence-corrected chi connectivity index (χ1v) is 9.90. The Kier molecular flexibility index (Phi) is 4.19. The van der Waals surface area contributed by atoms with Crippen molar-refractivity contribution in [2.45, 2.75) is 12.3 Å². The normalized spacial score (nSPS) is 16.6. The number of fused-ring (bicyclic) bond motifs is 2. The van der Waals surface area contributed by atoms with Gasteiger partial charge < -0.3 is 14.2 Å². The maximum absolute atomic E-state index is 13.2. The van der Waals surface area contributed by atoms with E-state index in [-0.39, 0.29) is 11.8 Å². The number of hydrogen-bond acceptors (Lipinski definition) is 4. The molecular weight excluding hydrogens is 362 g/mol. The second-order valence-corrected chi connectivity index (χ2v) is 7.80. The van der Waals surface area contributed by atoms with Crippen LogP contribution in [0, 0.1) is 0 Å². The number of nitrogens with zero attached hydrogens (tertiary/aromatic N) is 5. The molecule has 0 saturated carbocycles. The number of carbonyl (C=O) groups is 1. The van der Waals surface area contributed by atoms with E-state index >= 15 is 0 Å². The van der Waals surface area contributed by atoms with Crippen LogP contribution in [0.1, 0.15) is 28.5 Å². The molecule has 1 atom stereocenters. The van der Waals surface area contributed by atoms with E-state index in [0.29, 0.717) is 12.2 Å². The van der Waals surface area contributed by atoms with Gasteiger partial charge in [-0.3, -0.25) is 9.78 Å². The Hall–Kier alpha value is -3.41. The Morgan fingerprint density at radius 3 is 2.86 bits per heavy atom. The van der Waals surface area contributed by atoms with Crippen LogP contribution in [-0.4, -0.2) is 52.4 Å². The van der Waals surface area contributed by atoms with E-state index in [4.69, 9.17) is 4.98 Å². The topological polar surface area (TPSA) is 53.7 Å². The van der Waals surface area contributed by atoms with Crippen LogP contribution in [0.2, 0.25) is 0 Å². The van der Waals surface area contributed by atoms with Gasteiger partial charge in [-0.15, -0.1) is 0 Å². The van der Waals surface area contributed by atoms with Crippen LogP contribution >= 0.6 is 0 Å². The maximum Gasteiger partial charge on any atom is 0.273 e. The molecule has 0 radical (unpaired) electrons. The zero-order valence-electron chi connectivity index (χ0n) is 16.6. The molecule has 0 spiro atoms. The fourth-order valence-electron chi connectivity index (χ4n) is 4.20. The molecule has 1 saturated heterocycles. The molecule has 5 rings (SSSR count). The average Bonchev–Trinajstić information content (AvgIpc) is 3.41. The van der Waals surface area contributed by atoms with Crippen molar-refractivity contribution in [3.8, 4) is 0 Å². The molecule has 1 fully saturated rings. The zero-order valence-corrected chi connectivity index (χ0v) is 16.6. The predicted molar refractivity (Wildman–Crippen MR) is 115 cm³/mol. The van der Waals surface area contributed by atoms with Gasteiger partial charge in [0.25, 0.3) is 5.91 Å². The van der Waals surface area contributed by atoms with Crippen molar-refractivity contribution in [2.24, 2.45) is 0 Å². The van der Waals surface area contributed by atoms with E-state index in [9.17, 15) is 4.79 Å². The maximum atomic E-state index is 13.2. The third-order valence-corrected chi connectivity index (χ3v) is 5.71. The number of anilines is 1. The summed E-state index contributed by atoms with van der Waals surface area (Å²) in [6.07, 6.45) is 6.76. The van der Waals surface area contributed by atoms with Crippen LogP contribution in [-0.2, 0) is 0 Å². The summed E-state index contributed by atoms with van der Waals surface area (Å²) in [4.78, 5) is 26.5. The van der Waals surface area contributed by atoms with Crippen molar-refractivity contribution < 1.29 is 4.79 Å². The monoisotopic (exact) mass is 385 g/mol. The van der Waals surface area contributed by atoms with Gasteiger partial charge >= 0.3 is 0 Å². The molecule has 0 unspecified atom stereocenters. The SMILES string of the molecule is CN(C)c1nc([C@@H]2CCN(C(=O)c3nccc4ccccc34)C2)cn2cccc12. The number of pyridine rings is 1. The molecule has 3 aromatic heterocycles. The number of benzene rings is 1. The van der Waals surface area contributed by atoms with E-state index in [1.807, 2.05) is 66.5 Å². The van der Waals surface area contributed by atoms with Crippen molar-refractivity contribution in [3.63, 3.8) is 0 Å². The molecule has 0 bridgehead atoms. The molecule has 0 aliphatic carbocycles. The molecular formula is C23H23N5O. The molecule has 1 aromatic carbocycles. The number of aromatic nitrogens is 3. The molecule has 29 heavy (non-hydrogen) atoms. The van der Waals surface area contributed by atoms with E-state index < -0.39 is 0 Å². The lowest BCUT2D eigenvalue weighted by atomic mass is 10.1. The Morgan fingerprint density at radius 2 is 2.00 bits per heavy atom. The highest BCUT2D eigenvalue weighted by atomic mass is 16.2. The van der Waals surface area contributed by atoms with Gasteiger partial charge in [0.15, 0.2) is 5.82 Å². The molecule has 6 nitrogen and oxygen atoms in total. The summed E-state index contributed by atoms with van der Waals surface area (Å²) >= 11 is 0. The molecule has 146 valence electrons. The smallest absolute Gasteiger partial charge is 0.273 e. The Balaban J connectivity index is 1.44. The van der Waals surface area contributed by atoms with Crippen LogP contribution in [0.25, 0.3) is 16.3 Å². The highest BCUT2D eigenvalue weighted by molar-refractivity contribution is 6.05. The Labute approximate surface area is 169 Å². The van der Waals surface area contributed by atoms with Gasteiger partial charge in [0.05, 0.1) is 11.2 Å². The van der Waals surface area contributed by atoms with E-state index in [0.717, 1.165) is 40.8 Å². The van der Waals surface area contributed by atoms with Gasteiger partial charge in [0.1, 0.15) is 5.69 Å². The van der Waals surface area contributed by atoms with Gasteiger partial charge in [-0.25, -0.2) is 4.98 Å². The van der Waals surface area contributed by atoms with Crippen LogP contribution in [0.4, 0.5) is 5.82 Å². The highest BCUT2D eigenvalue weighted by Gasteiger charge is 2.30. The number of rotatable bonds is 3. The number of hydrogen-bond donors (Lipinski definition) is 0. The van der Waals surface area contributed by atoms with Crippen molar-refractivity contribution in [2.75, 3.05) is 32.1 Å². The molecule has 0 N–H and O–H groups in total. The minimum Gasteiger partial charge on any atom is -0.361 e. The number of likely N-dealkylation sites (tertiary alicyclic amines) is 1. The second-order valence-electron chi connectivity index (χ2n) is 7.80. The molecule has 6 heteroatoms. The summed E-state index contributed by atoms with van der Waals surface area (Å²) < 4.78 is 2.12. The minimum atomic E-state index is -0.000764. The third-order valence-electron chi connectivity index (χ3n) is 5.71. The van der Waals surface area contributed by atoms with Gasteiger partial charge in [0.2, 0.25) is 0 Å². The lowest BCUT2D eigenvalue weighted by Gasteiger charge is -2.19. The van der Waals surface area contributed by atoms with Crippen molar-refractivity contribution in [3.05, 3.63) is 72.4 Å².